The Hall–Kier alpha value is -2.02. The quantitative estimate of drug-likeness (QED) is 0.839. The second-order valence-corrected chi connectivity index (χ2v) is 3.92. The van der Waals surface area contributed by atoms with Gasteiger partial charge in [0.15, 0.2) is 0 Å². The van der Waals surface area contributed by atoms with E-state index in [1.165, 1.54) is 0 Å². The van der Waals surface area contributed by atoms with Crippen molar-refractivity contribution in [2.45, 2.75) is 26.7 Å². The minimum atomic E-state index is -0.582. The van der Waals surface area contributed by atoms with Gasteiger partial charge < -0.3 is 10.1 Å². The van der Waals surface area contributed by atoms with Crippen LogP contribution in [0.2, 0.25) is 0 Å². The Bertz CT molecular complexity index is 420. The fraction of sp³-hybridized carbons (Fsp3) is 0.429. The Morgan fingerprint density at radius 2 is 2.06 bits per heavy atom. The van der Waals surface area contributed by atoms with Crippen LogP contribution < -0.4 is 10.1 Å². The van der Waals surface area contributed by atoms with Crippen LogP contribution in [-0.4, -0.2) is 12.5 Å². The number of nitrogens with one attached hydrogen (secondary N) is 1. The first kappa shape index (κ1) is 14.0. The number of ether oxygens (including phenoxy) is 1. The smallest absolute Gasteiger partial charge is 0.241 e. The molecule has 0 aliphatic rings. The molecule has 4 heteroatoms. The fourth-order valence-corrected chi connectivity index (χ4v) is 1.57. The molecule has 1 unspecified atom stereocenters. The standard InChI is InChI=1S/C14H18N2O2/c1-3-5-11(10-15)14(17)16-12-6-8-13(9-7-12)18-4-2/h6-9,11H,3-5H2,1-2H3,(H,16,17). The van der Waals surface area contributed by atoms with Crippen LogP contribution in [0.4, 0.5) is 5.69 Å². The number of amides is 1. The first-order valence-corrected chi connectivity index (χ1v) is 6.14. The summed E-state index contributed by atoms with van der Waals surface area (Å²) < 4.78 is 5.31. The normalized spacial score (nSPS) is 11.4. The van der Waals surface area contributed by atoms with Crippen LogP contribution in [0.15, 0.2) is 24.3 Å². The van der Waals surface area contributed by atoms with Crippen LogP contribution in [0.25, 0.3) is 0 Å². The average Bonchev–Trinajstić information content (AvgIpc) is 2.38. The molecule has 0 aliphatic carbocycles. The second-order valence-electron chi connectivity index (χ2n) is 3.92. The Balaban J connectivity index is 2.61. The molecule has 4 nitrogen and oxygen atoms in total. The highest BCUT2D eigenvalue weighted by Crippen LogP contribution is 2.17. The third-order valence-corrected chi connectivity index (χ3v) is 2.48. The molecule has 1 aromatic carbocycles. The highest BCUT2D eigenvalue weighted by atomic mass is 16.5. The van der Waals surface area contributed by atoms with Gasteiger partial charge in [-0.3, -0.25) is 4.79 Å². The summed E-state index contributed by atoms with van der Waals surface area (Å²) in [6.07, 6.45) is 1.40. The molecule has 1 amide bonds. The maximum atomic E-state index is 11.8. The van der Waals surface area contributed by atoms with Gasteiger partial charge in [0.1, 0.15) is 11.7 Å². The van der Waals surface area contributed by atoms with E-state index in [0.29, 0.717) is 18.7 Å². The molecule has 0 fully saturated rings. The van der Waals surface area contributed by atoms with Gasteiger partial charge >= 0.3 is 0 Å². The van der Waals surface area contributed by atoms with Crippen molar-refractivity contribution in [1.29, 1.82) is 5.26 Å². The zero-order chi connectivity index (χ0) is 13.4. The topological polar surface area (TPSA) is 62.1 Å². The van der Waals surface area contributed by atoms with Gasteiger partial charge in [0.25, 0.3) is 0 Å². The monoisotopic (exact) mass is 246 g/mol. The minimum Gasteiger partial charge on any atom is -0.494 e. The predicted molar refractivity (Wildman–Crippen MR) is 70.3 cm³/mol. The van der Waals surface area contributed by atoms with Crippen LogP contribution in [0.1, 0.15) is 26.7 Å². The van der Waals surface area contributed by atoms with Crippen molar-refractivity contribution in [3.8, 4) is 11.8 Å². The van der Waals surface area contributed by atoms with Crippen LogP contribution in [-0.2, 0) is 4.79 Å². The second kappa shape index (κ2) is 7.33. The Morgan fingerprint density at radius 1 is 1.39 bits per heavy atom. The number of nitrogens with zero attached hydrogens (tertiary/aromatic N) is 1. The SMILES string of the molecule is CCCC(C#N)C(=O)Nc1ccc(OCC)cc1. The van der Waals surface area contributed by atoms with E-state index in [0.717, 1.165) is 12.2 Å². The zero-order valence-electron chi connectivity index (χ0n) is 10.8. The van der Waals surface area contributed by atoms with E-state index in [4.69, 9.17) is 10.00 Å². The Morgan fingerprint density at radius 3 is 2.56 bits per heavy atom. The maximum Gasteiger partial charge on any atom is 0.241 e. The Labute approximate surface area is 108 Å². The summed E-state index contributed by atoms with van der Waals surface area (Å²) in [5.41, 5.74) is 0.680. The lowest BCUT2D eigenvalue weighted by atomic mass is 10.0. The number of carbonyl (C=O) groups excluding carboxylic acids is 1. The van der Waals surface area contributed by atoms with Crippen molar-refractivity contribution in [1.82, 2.24) is 0 Å². The highest BCUT2D eigenvalue weighted by molar-refractivity contribution is 5.94. The molecule has 1 N–H and O–H groups in total. The molecule has 0 saturated heterocycles. The number of carbonyl (C=O) groups is 1. The van der Waals surface area contributed by atoms with E-state index >= 15 is 0 Å². The van der Waals surface area contributed by atoms with Crippen LogP contribution in [0.3, 0.4) is 0 Å². The van der Waals surface area contributed by atoms with E-state index < -0.39 is 5.92 Å². The van der Waals surface area contributed by atoms with Crippen molar-refractivity contribution >= 4 is 11.6 Å². The molecular formula is C14H18N2O2. The lowest BCUT2D eigenvalue weighted by Gasteiger charge is -2.10. The predicted octanol–water partition coefficient (Wildman–Crippen LogP) is 2.96. The number of rotatable bonds is 6. The van der Waals surface area contributed by atoms with Gasteiger partial charge in [-0.25, -0.2) is 0 Å². The van der Waals surface area contributed by atoms with Crippen LogP contribution in [0, 0.1) is 17.2 Å². The van der Waals surface area contributed by atoms with E-state index in [9.17, 15) is 4.79 Å². The molecule has 96 valence electrons. The van der Waals surface area contributed by atoms with Gasteiger partial charge in [-0.05, 0) is 37.6 Å². The maximum absolute atomic E-state index is 11.8. The van der Waals surface area contributed by atoms with Crippen molar-refractivity contribution in [2.75, 3.05) is 11.9 Å². The number of anilines is 1. The van der Waals surface area contributed by atoms with Crippen molar-refractivity contribution < 1.29 is 9.53 Å². The lowest BCUT2D eigenvalue weighted by Crippen LogP contribution is -2.21. The molecule has 1 atom stereocenters. The summed E-state index contributed by atoms with van der Waals surface area (Å²) >= 11 is 0. The number of hydrogen-bond acceptors (Lipinski definition) is 3. The summed E-state index contributed by atoms with van der Waals surface area (Å²) in [4.78, 5) is 11.8. The third kappa shape index (κ3) is 4.10. The zero-order valence-corrected chi connectivity index (χ0v) is 10.8. The van der Waals surface area contributed by atoms with Crippen molar-refractivity contribution in [3.05, 3.63) is 24.3 Å². The van der Waals surface area contributed by atoms with E-state index in [2.05, 4.69) is 5.32 Å². The summed E-state index contributed by atoms with van der Waals surface area (Å²) in [6, 6.07) is 9.14. The summed E-state index contributed by atoms with van der Waals surface area (Å²) in [7, 11) is 0. The number of nitriles is 1. The number of hydrogen-bond donors (Lipinski definition) is 1. The summed E-state index contributed by atoms with van der Waals surface area (Å²) in [5, 5.41) is 11.6. The molecule has 0 bridgehead atoms. The van der Waals surface area contributed by atoms with Gasteiger partial charge in [-0.1, -0.05) is 13.3 Å². The van der Waals surface area contributed by atoms with Gasteiger partial charge in [-0.15, -0.1) is 0 Å². The highest BCUT2D eigenvalue weighted by Gasteiger charge is 2.16. The summed E-state index contributed by atoms with van der Waals surface area (Å²) in [6.45, 7) is 4.48. The molecule has 18 heavy (non-hydrogen) atoms. The molecule has 0 saturated carbocycles. The Kier molecular flexibility index (Phi) is 5.72. The van der Waals surface area contributed by atoms with Gasteiger partial charge in [0.2, 0.25) is 5.91 Å². The third-order valence-electron chi connectivity index (χ3n) is 2.48. The lowest BCUT2D eigenvalue weighted by molar-refractivity contribution is -0.118. The van der Waals surface area contributed by atoms with Gasteiger partial charge in [0.05, 0.1) is 12.7 Å². The van der Waals surface area contributed by atoms with Crippen LogP contribution in [0.5, 0.6) is 5.75 Å². The molecule has 1 rings (SSSR count). The van der Waals surface area contributed by atoms with Crippen molar-refractivity contribution in [2.24, 2.45) is 5.92 Å². The van der Waals surface area contributed by atoms with Crippen molar-refractivity contribution in [3.63, 3.8) is 0 Å². The first-order valence-electron chi connectivity index (χ1n) is 6.14. The van der Waals surface area contributed by atoms with Gasteiger partial charge in [0, 0.05) is 5.69 Å². The molecule has 1 aromatic rings. The molecule has 0 aliphatic heterocycles. The molecule has 0 radical (unpaired) electrons. The minimum absolute atomic E-state index is 0.247. The summed E-state index contributed by atoms with van der Waals surface area (Å²) in [5.74, 6) is -0.0639. The van der Waals surface area contributed by atoms with Crippen LogP contribution >= 0.6 is 0 Å². The molecule has 0 spiro atoms. The van der Waals surface area contributed by atoms with E-state index in [-0.39, 0.29) is 5.91 Å². The average molecular weight is 246 g/mol. The fourth-order valence-electron chi connectivity index (χ4n) is 1.57. The molecule has 0 heterocycles. The molecule has 0 aromatic heterocycles. The van der Waals surface area contributed by atoms with Gasteiger partial charge in [-0.2, -0.15) is 5.26 Å². The number of benzene rings is 1. The first-order chi connectivity index (χ1) is 8.71. The van der Waals surface area contributed by atoms with E-state index in [1.807, 2.05) is 19.9 Å². The largest absolute Gasteiger partial charge is 0.494 e. The van der Waals surface area contributed by atoms with E-state index in [1.54, 1.807) is 24.3 Å². The molecular weight excluding hydrogens is 228 g/mol.